The van der Waals surface area contributed by atoms with Crippen molar-refractivity contribution in [2.45, 2.75) is 32.5 Å². The molecule has 1 aliphatic rings. The minimum absolute atomic E-state index is 0.134. The van der Waals surface area contributed by atoms with Crippen LogP contribution in [0.1, 0.15) is 29.8 Å². The molecule has 0 unspecified atom stereocenters. The van der Waals surface area contributed by atoms with E-state index in [0.717, 1.165) is 5.56 Å². The molecule has 1 fully saturated rings. The van der Waals surface area contributed by atoms with Gasteiger partial charge >= 0.3 is 6.03 Å². The molecule has 0 saturated carbocycles. The zero-order valence-electron chi connectivity index (χ0n) is 16.4. The summed E-state index contributed by atoms with van der Waals surface area (Å²) in [6, 6.07) is 14.4. The minimum Gasteiger partial charge on any atom is -0.321 e. The molecule has 29 heavy (non-hydrogen) atoms. The van der Waals surface area contributed by atoms with Crippen LogP contribution in [0.4, 0.5) is 10.5 Å². The van der Waals surface area contributed by atoms with E-state index in [1.165, 1.54) is 0 Å². The third kappa shape index (κ3) is 5.26. The first-order valence-corrected chi connectivity index (χ1v) is 9.85. The van der Waals surface area contributed by atoms with Crippen molar-refractivity contribution in [1.82, 2.24) is 15.3 Å². The second kappa shape index (κ2) is 9.26. The lowest BCUT2D eigenvalue weighted by Crippen LogP contribution is -2.58. The second-order valence-electron chi connectivity index (χ2n) is 7.35. The highest BCUT2D eigenvalue weighted by atomic mass is 35.5. The number of hydrogen-bond acceptors (Lipinski definition) is 4. The van der Waals surface area contributed by atoms with Gasteiger partial charge in [-0.3, -0.25) is 14.9 Å². The monoisotopic (exact) mass is 416 g/mol. The number of benzene rings is 2. The predicted octanol–water partition coefficient (Wildman–Crippen LogP) is 3.59. The maximum atomic E-state index is 12.7. The Balaban J connectivity index is 1.60. The Morgan fingerprint density at radius 1 is 1.10 bits per heavy atom. The van der Waals surface area contributed by atoms with Gasteiger partial charge in [-0.2, -0.15) is 0 Å². The molecule has 2 aromatic carbocycles. The number of hydrogen-bond donors (Lipinski definition) is 3. The molecule has 3 amide bonds. The van der Waals surface area contributed by atoms with Gasteiger partial charge in [0.05, 0.1) is 0 Å². The van der Waals surface area contributed by atoms with Crippen LogP contribution in [-0.4, -0.2) is 52.1 Å². The van der Waals surface area contributed by atoms with E-state index < -0.39 is 5.91 Å². The summed E-state index contributed by atoms with van der Waals surface area (Å²) >= 11 is 5.99. The fourth-order valence-electron chi connectivity index (χ4n) is 3.64. The summed E-state index contributed by atoms with van der Waals surface area (Å²) in [6.45, 7) is 6.14. The predicted molar refractivity (Wildman–Crippen MR) is 112 cm³/mol. The molecule has 3 rings (SSSR count). The lowest BCUT2D eigenvalue weighted by molar-refractivity contribution is 0.0526. The van der Waals surface area contributed by atoms with E-state index in [0.29, 0.717) is 35.9 Å². The summed E-state index contributed by atoms with van der Waals surface area (Å²) in [6.07, 6.45) is 0. The molecule has 1 heterocycles. The van der Waals surface area contributed by atoms with Crippen molar-refractivity contribution in [2.24, 2.45) is 0 Å². The first-order valence-electron chi connectivity index (χ1n) is 9.48. The van der Waals surface area contributed by atoms with E-state index in [2.05, 4.69) is 24.1 Å². The van der Waals surface area contributed by atoms with Gasteiger partial charge in [-0.15, -0.1) is 0 Å². The van der Waals surface area contributed by atoms with Crippen molar-refractivity contribution < 1.29 is 14.8 Å². The quantitative estimate of drug-likeness (QED) is 0.525. The topological polar surface area (TPSA) is 84.9 Å². The zero-order chi connectivity index (χ0) is 21.0. The van der Waals surface area contributed by atoms with Crippen LogP contribution in [0.15, 0.2) is 48.5 Å². The van der Waals surface area contributed by atoms with E-state index in [1.807, 2.05) is 23.1 Å². The molecule has 8 heteroatoms. The maximum Gasteiger partial charge on any atom is 0.321 e. The van der Waals surface area contributed by atoms with Gasteiger partial charge in [0.25, 0.3) is 5.91 Å². The summed E-state index contributed by atoms with van der Waals surface area (Å²) in [4.78, 5) is 28.3. The van der Waals surface area contributed by atoms with E-state index in [4.69, 9.17) is 16.8 Å². The van der Waals surface area contributed by atoms with Crippen LogP contribution in [0.3, 0.4) is 0 Å². The third-order valence-electron chi connectivity index (χ3n) is 5.15. The number of rotatable bonds is 4. The lowest BCUT2D eigenvalue weighted by atomic mass is 10.1. The van der Waals surface area contributed by atoms with Gasteiger partial charge in [0, 0.05) is 48.0 Å². The SMILES string of the molecule is C[C@@H]1CN(C(=O)Nc2cccc(Cl)c2)C[C@H](C)N1Cc1ccc(C(=O)NO)cc1. The van der Waals surface area contributed by atoms with Gasteiger partial charge in [-0.25, -0.2) is 10.3 Å². The third-order valence-corrected chi connectivity index (χ3v) is 5.38. The average molecular weight is 417 g/mol. The molecule has 0 spiro atoms. The van der Waals surface area contributed by atoms with Gasteiger partial charge < -0.3 is 10.2 Å². The number of amides is 3. The summed E-state index contributed by atoms with van der Waals surface area (Å²) < 4.78 is 0. The first kappa shape index (κ1) is 21.1. The van der Waals surface area contributed by atoms with Gasteiger partial charge in [-0.1, -0.05) is 29.8 Å². The van der Waals surface area contributed by atoms with Crippen molar-refractivity contribution in [1.29, 1.82) is 0 Å². The van der Waals surface area contributed by atoms with Gasteiger partial charge in [0.15, 0.2) is 0 Å². The highest BCUT2D eigenvalue weighted by Crippen LogP contribution is 2.21. The summed E-state index contributed by atoms with van der Waals surface area (Å²) in [5.41, 5.74) is 3.78. The summed E-state index contributed by atoms with van der Waals surface area (Å²) in [7, 11) is 0. The highest BCUT2D eigenvalue weighted by molar-refractivity contribution is 6.30. The molecular formula is C21H25ClN4O3. The summed E-state index contributed by atoms with van der Waals surface area (Å²) in [5.74, 6) is -0.530. The number of nitrogens with one attached hydrogen (secondary N) is 2. The number of urea groups is 1. The van der Waals surface area contributed by atoms with Crippen LogP contribution >= 0.6 is 11.6 Å². The Bertz CT molecular complexity index is 862. The van der Waals surface area contributed by atoms with Crippen molar-refractivity contribution >= 4 is 29.2 Å². The molecule has 3 N–H and O–H groups in total. The number of carbonyl (C=O) groups is 2. The minimum atomic E-state index is -0.530. The number of hydroxylamine groups is 1. The fraction of sp³-hybridized carbons (Fsp3) is 0.333. The Morgan fingerprint density at radius 2 is 1.76 bits per heavy atom. The molecule has 154 valence electrons. The van der Waals surface area contributed by atoms with Crippen molar-refractivity contribution in [3.63, 3.8) is 0 Å². The largest absolute Gasteiger partial charge is 0.321 e. The van der Waals surface area contributed by atoms with Crippen molar-refractivity contribution in [3.8, 4) is 0 Å². The Hall–Kier alpha value is -2.61. The fourth-order valence-corrected chi connectivity index (χ4v) is 3.83. The van der Waals surface area contributed by atoms with Crippen LogP contribution in [0.2, 0.25) is 5.02 Å². The van der Waals surface area contributed by atoms with Crippen LogP contribution in [-0.2, 0) is 6.54 Å². The normalized spacial score (nSPS) is 19.7. The second-order valence-corrected chi connectivity index (χ2v) is 7.79. The molecule has 7 nitrogen and oxygen atoms in total. The molecule has 0 aromatic heterocycles. The zero-order valence-corrected chi connectivity index (χ0v) is 17.2. The van der Waals surface area contributed by atoms with E-state index in [9.17, 15) is 9.59 Å². The van der Waals surface area contributed by atoms with Crippen LogP contribution < -0.4 is 10.8 Å². The molecular weight excluding hydrogens is 392 g/mol. The standard InChI is InChI=1S/C21H25ClN4O3/c1-14-11-25(21(28)23-19-5-3-4-18(22)10-19)12-15(2)26(14)13-16-6-8-17(9-7-16)20(27)24-29/h3-10,14-15,29H,11-13H2,1-2H3,(H,23,28)(H,24,27)/t14-,15+. The number of halogens is 1. The lowest BCUT2D eigenvalue weighted by Gasteiger charge is -2.44. The number of carbonyl (C=O) groups excluding carboxylic acids is 2. The molecule has 1 saturated heterocycles. The van der Waals surface area contributed by atoms with Gasteiger partial charge in [-0.05, 0) is 49.7 Å². The molecule has 0 bridgehead atoms. The number of piperazine rings is 1. The van der Waals surface area contributed by atoms with Crippen LogP contribution in [0.25, 0.3) is 0 Å². The molecule has 1 aliphatic heterocycles. The number of anilines is 1. The molecule has 2 aromatic rings. The van der Waals surface area contributed by atoms with E-state index in [1.54, 1.807) is 35.8 Å². The van der Waals surface area contributed by atoms with Gasteiger partial charge in [0.1, 0.15) is 0 Å². The molecule has 0 aliphatic carbocycles. The Morgan fingerprint density at radius 3 is 2.34 bits per heavy atom. The van der Waals surface area contributed by atoms with Crippen LogP contribution in [0.5, 0.6) is 0 Å². The average Bonchev–Trinajstić information content (AvgIpc) is 2.70. The highest BCUT2D eigenvalue weighted by Gasteiger charge is 2.31. The van der Waals surface area contributed by atoms with Crippen molar-refractivity contribution in [2.75, 3.05) is 18.4 Å². The smallest absolute Gasteiger partial charge is 0.321 e. The van der Waals surface area contributed by atoms with E-state index in [-0.39, 0.29) is 18.1 Å². The van der Waals surface area contributed by atoms with Gasteiger partial charge in [0.2, 0.25) is 0 Å². The van der Waals surface area contributed by atoms with Crippen molar-refractivity contribution in [3.05, 3.63) is 64.7 Å². The Labute approximate surface area is 175 Å². The van der Waals surface area contributed by atoms with Crippen LogP contribution in [0, 0.1) is 0 Å². The van der Waals surface area contributed by atoms with E-state index >= 15 is 0 Å². The molecule has 2 atom stereocenters. The number of nitrogens with zero attached hydrogens (tertiary/aromatic N) is 2. The first-order chi connectivity index (χ1) is 13.9. The summed E-state index contributed by atoms with van der Waals surface area (Å²) in [5, 5.41) is 12.2. The Kier molecular flexibility index (Phi) is 6.74. The maximum absolute atomic E-state index is 12.7. The molecule has 0 radical (unpaired) electrons.